The highest BCUT2D eigenvalue weighted by Crippen LogP contribution is 2.22. The van der Waals surface area contributed by atoms with E-state index in [9.17, 15) is 9.59 Å². The van der Waals surface area contributed by atoms with Gasteiger partial charge in [-0.2, -0.15) is 0 Å². The largest absolute Gasteiger partial charge is 0.481 e. The Balaban J connectivity index is 3.20. The Bertz CT molecular complexity index is 250. The van der Waals surface area contributed by atoms with Gasteiger partial charge in [0.05, 0.1) is 13.0 Å². The maximum atomic E-state index is 11.0. The lowest BCUT2D eigenvalue weighted by molar-refractivity contribution is -0.136. The van der Waals surface area contributed by atoms with Crippen molar-refractivity contribution in [3.8, 4) is 12.3 Å². The molecule has 0 unspecified atom stereocenters. The van der Waals surface area contributed by atoms with Crippen LogP contribution in [-0.4, -0.2) is 35.0 Å². The first-order valence-corrected chi connectivity index (χ1v) is 6.82. The summed E-state index contributed by atoms with van der Waals surface area (Å²) in [5.74, 6) is 2.67. The van der Waals surface area contributed by atoms with E-state index in [1.54, 1.807) is 0 Å². The van der Waals surface area contributed by atoms with Crippen molar-refractivity contribution in [3.63, 3.8) is 0 Å². The molecule has 0 rings (SSSR count). The number of terminal acetylenes is 1. The topological polar surface area (TPSA) is 66.4 Å². The van der Waals surface area contributed by atoms with Crippen molar-refractivity contribution in [3.05, 3.63) is 0 Å². The third-order valence-electron chi connectivity index (χ3n) is 1.28. The van der Waals surface area contributed by atoms with Crippen molar-refractivity contribution >= 4 is 33.5 Å². The number of aliphatic carboxylic acids is 1. The van der Waals surface area contributed by atoms with E-state index in [4.69, 9.17) is 11.5 Å². The van der Waals surface area contributed by atoms with Gasteiger partial charge in [0.25, 0.3) is 0 Å². The Morgan fingerprint density at radius 3 is 2.40 bits per heavy atom. The number of hydrogen-bond donors (Lipinski definition) is 2. The number of carboxylic acid groups (broad SMARTS) is 1. The van der Waals surface area contributed by atoms with E-state index in [0.29, 0.717) is 17.9 Å². The van der Waals surface area contributed by atoms with Gasteiger partial charge >= 0.3 is 5.97 Å². The standard InChI is InChI=1S/C9H13NO3S2/c1-2-5-10-8(11)3-6-14-15-7-4-9(12)13/h1H,3-7H2,(H,10,11)(H,12,13). The molecule has 0 saturated carbocycles. The van der Waals surface area contributed by atoms with Crippen LogP contribution in [0.1, 0.15) is 12.8 Å². The molecule has 6 heteroatoms. The Hall–Kier alpha value is -0.800. The third-order valence-corrected chi connectivity index (χ3v) is 3.69. The first-order valence-electron chi connectivity index (χ1n) is 4.33. The van der Waals surface area contributed by atoms with Crippen molar-refractivity contribution < 1.29 is 14.7 Å². The van der Waals surface area contributed by atoms with E-state index < -0.39 is 5.97 Å². The molecule has 0 bridgehead atoms. The lowest BCUT2D eigenvalue weighted by Gasteiger charge is -2.00. The Labute approximate surface area is 97.0 Å². The van der Waals surface area contributed by atoms with E-state index in [1.807, 2.05) is 0 Å². The molecule has 0 aromatic heterocycles. The summed E-state index contributed by atoms with van der Waals surface area (Å²) in [6, 6.07) is 0. The summed E-state index contributed by atoms with van der Waals surface area (Å²) >= 11 is 0. The normalized spacial score (nSPS) is 9.27. The Morgan fingerprint density at radius 1 is 1.27 bits per heavy atom. The van der Waals surface area contributed by atoms with Crippen molar-refractivity contribution in [1.29, 1.82) is 0 Å². The van der Waals surface area contributed by atoms with Crippen LogP contribution >= 0.6 is 21.6 Å². The number of carbonyl (C=O) groups excluding carboxylic acids is 1. The fourth-order valence-electron chi connectivity index (χ4n) is 0.619. The van der Waals surface area contributed by atoms with E-state index in [2.05, 4.69) is 11.2 Å². The molecule has 0 heterocycles. The molecule has 15 heavy (non-hydrogen) atoms. The summed E-state index contributed by atoms with van der Waals surface area (Å²) in [5.41, 5.74) is 0. The maximum Gasteiger partial charge on any atom is 0.304 e. The average Bonchev–Trinajstić information content (AvgIpc) is 2.19. The summed E-state index contributed by atoms with van der Waals surface area (Å²) in [4.78, 5) is 21.2. The first-order chi connectivity index (χ1) is 7.16. The zero-order valence-corrected chi connectivity index (χ0v) is 9.83. The summed E-state index contributed by atoms with van der Waals surface area (Å²) < 4.78 is 0. The van der Waals surface area contributed by atoms with E-state index in [0.717, 1.165) is 0 Å². The SMILES string of the molecule is C#CCNC(=O)CCSSCCC(=O)O. The summed E-state index contributed by atoms with van der Waals surface area (Å²) in [5, 5.41) is 10.9. The molecule has 0 saturated heterocycles. The predicted molar refractivity (Wildman–Crippen MR) is 63.6 cm³/mol. The van der Waals surface area contributed by atoms with Gasteiger partial charge in [0.1, 0.15) is 0 Å². The average molecular weight is 247 g/mol. The van der Waals surface area contributed by atoms with Crippen LogP contribution < -0.4 is 5.32 Å². The van der Waals surface area contributed by atoms with Crippen LogP contribution in [0.15, 0.2) is 0 Å². The van der Waals surface area contributed by atoms with Gasteiger partial charge in [0.15, 0.2) is 0 Å². The third kappa shape index (κ3) is 11.1. The van der Waals surface area contributed by atoms with E-state index in [1.165, 1.54) is 21.6 Å². The quantitative estimate of drug-likeness (QED) is 0.380. The van der Waals surface area contributed by atoms with Crippen LogP contribution in [0.2, 0.25) is 0 Å². The molecule has 0 aliphatic heterocycles. The molecule has 4 nitrogen and oxygen atoms in total. The highest BCUT2D eigenvalue weighted by atomic mass is 33.1. The molecule has 1 amide bonds. The Kier molecular flexibility index (Phi) is 9.22. The van der Waals surface area contributed by atoms with Gasteiger partial charge in [-0.3, -0.25) is 9.59 Å². The molecule has 0 atom stereocenters. The lowest BCUT2D eigenvalue weighted by atomic mass is 10.4. The van der Waals surface area contributed by atoms with Crippen LogP contribution in [0, 0.1) is 12.3 Å². The monoisotopic (exact) mass is 247 g/mol. The molecule has 0 spiro atoms. The van der Waals surface area contributed by atoms with Gasteiger partial charge in [-0.15, -0.1) is 6.42 Å². The molecule has 0 aromatic carbocycles. The van der Waals surface area contributed by atoms with Gasteiger partial charge in [-0.25, -0.2) is 0 Å². The van der Waals surface area contributed by atoms with Gasteiger partial charge in [-0.1, -0.05) is 27.5 Å². The van der Waals surface area contributed by atoms with Gasteiger partial charge in [-0.05, 0) is 0 Å². The zero-order valence-electron chi connectivity index (χ0n) is 8.19. The summed E-state index contributed by atoms with van der Waals surface area (Å²) in [6.45, 7) is 0.260. The minimum Gasteiger partial charge on any atom is -0.481 e. The van der Waals surface area contributed by atoms with Crippen molar-refractivity contribution in [2.24, 2.45) is 0 Å². The molecule has 0 fully saturated rings. The molecule has 0 radical (unpaired) electrons. The minimum absolute atomic E-state index is 0.0701. The second kappa shape index (κ2) is 9.74. The Morgan fingerprint density at radius 2 is 1.87 bits per heavy atom. The number of rotatable bonds is 8. The van der Waals surface area contributed by atoms with Crippen LogP contribution in [0.25, 0.3) is 0 Å². The lowest BCUT2D eigenvalue weighted by Crippen LogP contribution is -2.23. The molecular weight excluding hydrogens is 234 g/mol. The first kappa shape index (κ1) is 14.2. The second-order valence-corrected chi connectivity index (χ2v) is 5.22. The van der Waals surface area contributed by atoms with Crippen LogP contribution in [0.5, 0.6) is 0 Å². The highest BCUT2D eigenvalue weighted by Gasteiger charge is 2.00. The molecule has 0 aromatic rings. The fraction of sp³-hybridized carbons (Fsp3) is 0.556. The van der Waals surface area contributed by atoms with E-state index >= 15 is 0 Å². The maximum absolute atomic E-state index is 11.0. The van der Waals surface area contributed by atoms with Crippen molar-refractivity contribution in [1.82, 2.24) is 5.32 Å². The smallest absolute Gasteiger partial charge is 0.304 e. The predicted octanol–water partition coefficient (Wildman–Crippen LogP) is 0.982. The molecule has 2 N–H and O–H groups in total. The number of carbonyl (C=O) groups is 2. The molecule has 0 aliphatic rings. The number of carboxylic acids is 1. The molecule has 0 aliphatic carbocycles. The van der Waals surface area contributed by atoms with E-state index in [-0.39, 0.29) is 18.9 Å². The van der Waals surface area contributed by atoms with Gasteiger partial charge in [0.2, 0.25) is 5.91 Å². The number of amides is 1. The summed E-state index contributed by atoms with van der Waals surface area (Å²) in [6.07, 6.45) is 5.53. The van der Waals surface area contributed by atoms with Gasteiger partial charge in [0, 0.05) is 17.9 Å². The van der Waals surface area contributed by atoms with Crippen LogP contribution in [-0.2, 0) is 9.59 Å². The highest BCUT2D eigenvalue weighted by molar-refractivity contribution is 8.76. The van der Waals surface area contributed by atoms with Crippen molar-refractivity contribution in [2.75, 3.05) is 18.1 Å². The second-order valence-electron chi connectivity index (χ2n) is 2.52. The fourth-order valence-corrected chi connectivity index (χ4v) is 2.59. The van der Waals surface area contributed by atoms with Crippen molar-refractivity contribution in [2.45, 2.75) is 12.8 Å². The molecule has 84 valence electrons. The molecular formula is C9H13NO3S2. The summed E-state index contributed by atoms with van der Waals surface area (Å²) in [7, 11) is 2.96. The zero-order chi connectivity index (χ0) is 11.5. The minimum atomic E-state index is -0.796. The number of nitrogens with one attached hydrogen (secondary N) is 1. The number of hydrogen-bond acceptors (Lipinski definition) is 4. The van der Waals surface area contributed by atoms with Crippen LogP contribution in [0.4, 0.5) is 0 Å². The van der Waals surface area contributed by atoms with Gasteiger partial charge < -0.3 is 10.4 Å². The van der Waals surface area contributed by atoms with Crippen LogP contribution in [0.3, 0.4) is 0 Å².